The van der Waals surface area contributed by atoms with E-state index in [9.17, 15) is 5.26 Å². The van der Waals surface area contributed by atoms with Gasteiger partial charge in [-0.05, 0) is 104 Å². The Bertz CT molecular complexity index is 2070. The molecular formula is C48H46N2. The van der Waals surface area contributed by atoms with Gasteiger partial charge in [-0.25, -0.2) is 4.85 Å². The average molecular weight is 651 g/mol. The first kappa shape index (κ1) is 34.4. The number of hydrogen-bond acceptors (Lipinski definition) is 1. The topological polar surface area (TPSA) is 28.1 Å². The van der Waals surface area contributed by atoms with Gasteiger partial charge in [0.1, 0.15) is 0 Å². The third-order valence-electron chi connectivity index (χ3n) is 9.87. The van der Waals surface area contributed by atoms with Crippen LogP contribution in [0.4, 0.5) is 5.69 Å². The van der Waals surface area contributed by atoms with Crippen molar-refractivity contribution in [3.05, 3.63) is 147 Å². The normalized spacial score (nSPS) is 11.6. The monoisotopic (exact) mass is 650 g/mol. The zero-order chi connectivity index (χ0) is 34.7. The molecule has 0 radical (unpaired) electrons. The van der Waals surface area contributed by atoms with E-state index in [1.165, 1.54) is 62.5 Å². The van der Waals surface area contributed by atoms with Crippen molar-refractivity contribution in [2.24, 2.45) is 0 Å². The molecule has 0 aliphatic heterocycles. The lowest BCUT2D eigenvalue weighted by Gasteiger charge is -2.12. The number of hydrogen-bond donors (Lipinski definition) is 0. The van der Waals surface area contributed by atoms with Crippen LogP contribution in [-0.4, -0.2) is 0 Å². The molecule has 0 aliphatic rings. The van der Waals surface area contributed by atoms with E-state index in [-0.39, 0.29) is 0 Å². The van der Waals surface area contributed by atoms with E-state index >= 15 is 0 Å². The fourth-order valence-electron chi connectivity index (χ4n) is 6.95. The van der Waals surface area contributed by atoms with Gasteiger partial charge in [-0.2, -0.15) is 5.26 Å². The van der Waals surface area contributed by atoms with Gasteiger partial charge in [0.25, 0.3) is 0 Å². The van der Waals surface area contributed by atoms with Gasteiger partial charge in [-0.15, -0.1) is 0 Å². The molecule has 0 heterocycles. The van der Waals surface area contributed by atoms with Crippen LogP contribution in [0.1, 0.15) is 104 Å². The first-order chi connectivity index (χ1) is 24.6. The largest absolute Gasteiger partial charge is 0.237 e. The van der Waals surface area contributed by atoms with E-state index < -0.39 is 0 Å². The van der Waals surface area contributed by atoms with Crippen LogP contribution in [-0.2, 0) is 12.8 Å². The summed E-state index contributed by atoms with van der Waals surface area (Å²) in [6.07, 6.45) is 21.0. The summed E-state index contributed by atoms with van der Waals surface area (Å²) in [5.41, 5.74) is 8.46. The van der Waals surface area contributed by atoms with Gasteiger partial charge in [-0.3, -0.25) is 0 Å². The summed E-state index contributed by atoms with van der Waals surface area (Å²) >= 11 is 0. The first-order valence-electron chi connectivity index (χ1n) is 18.4. The van der Waals surface area contributed by atoms with Crippen LogP contribution in [0.5, 0.6) is 0 Å². The molecule has 0 bridgehead atoms. The minimum atomic E-state index is 0.624. The molecule has 2 nitrogen and oxygen atoms in total. The summed E-state index contributed by atoms with van der Waals surface area (Å²) in [5.74, 6) is 0. The highest BCUT2D eigenvalue weighted by molar-refractivity contribution is 6.22. The number of aryl methyl sites for hydroxylation is 2. The van der Waals surface area contributed by atoms with Crippen molar-refractivity contribution < 1.29 is 0 Å². The first-order valence-corrected chi connectivity index (χ1v) is 18.4. The fourth-order valence-corrected chi connectivity index (χ4v) is 6.95. The van der Waals surface area contributed by atoms with Crippen molar-refractivity contribution in [1.82, 2.24) is 0 Å². The molecule has 0 spiro atoms. The van der Waals surface area contributed by atoms with Crippen molar-refractivity contribution in [3.8, 4) is 6.07 Å². The Balaban J connectivity index is 1.26. The van der Waals surface area contributed by atoms with Gasteiger partial charge in [-0.1, -0.05) is 156 Å². The van der Waals surface area contributed by atoms with Crippen LogP contribution < -0.4 is 0 Å². The third-order valence-corrected chi connectivity index (χ3v) is 9.87. The predicted octanol–water partition coefficient (Wildman–Crippen LogP) is 14.2. The van der Waals surface area contributed by atoms with Crippen LogP contribution in [0.15, 0.2) is 97.1 Å². The van der Waals surface area contributed by atoms with Crippen molar-refractivity contribution in [2.75, 3.05) is 0 Å². The molecule has 0 saturated heterocycles. The van der Waals surface area contributed by atoms with Crippen LogP contribution in [0, 0.1) is 17.9 Å². The molecule has 0 atom stereocenters. The SMILES string of the molecule is [C-]#[N+]c1cc2c3ccc(/C=C/c4ccc(CCCCCC)cc4)cc3c(C#N)cc2c2ccc(/C=C/c3ccc(CCCCCC)cc3)cc12. The Morgan fingerprint density at radius 2 is 0.960 bits per heavy atom. The van der Waals surface area contributed by atoms with E-state index in [1.807, 2.05) is 12.1 Å². The molecule has 0 unspecified atom stereocenters. The van der Waals surface area contributed by atoms with Gasteiger partial charge in [0.15, 0.2) is 5.69 Å². The second kappa shape index (κ2) is 16.8. The van der Waals surface area contributed by atoms with Crippen molar-refractivity contribution in [1.29, 1.82) is 5.26 Å². The zero-order valence-electron chi connectivity index (χ0n) is 29.5. The number of nitriles is 1. The molecule has 0 aromatic heterocycles. The molecule has 248 valence electrons. The van der Waals surface area contributed by atoms with Crippen LogP contribution in [0.3, 0.4) is 0 Å². The van der Waals surface area contributed by atoms with Gasteiger partial charge >= 0.3 is 0 Å². The van der Waals surface area contributed by atoms with E-state index in [1.54, 1.807) is 0 Å². The number of rotatable bonds is 14. The summed E-state index contributed by atoms with van der Waals surface area (Å²) in [4.78, 5) is 3.96. The Labute approximate surface area is 298 Å². The van der Waals surface area contributed by atoms with Gasteiger partial charge in [0, 0.05) is 5.39 Å². The summed E-state index contributed by atoms with van der Waals surface area (Å²) < 4.78 is 0. The summed E-state index contributed by atoms with van der Waals surface area (Å²) in [6.45, 7) is 12.6. The third kappa shape index (κ3) is 8.22. The standard InChI is InChI=1S/C48H46N2/c1-4-6-8-10-12-35-14-18-37(19-15-35)22-24-39-26-28-42-44(30-39)41(34-49)32-45-43-29-27-40(31-47(43)48(50-3)33-46(42)45)25-23-38-20-16-36(17-21-38)13-11-9-7-5-2/h14-33H,4-13H2,1-2H3/b24-22+,25-23+. The molecule has 0 fully saturated rings. The molecule has 0 N–H and O–H groups in total. The highest BCUT2D eigenvalue weighted by Crippen LogP contribution is 2.39. The second-order valence-corrected chi connectivity index (χ2v) is 13.5. The molecule has 0 saturated carbocycles. The highest BCUT2D eigenvalue weighted by Gasteiger charge is 2.13. The fraction of sp³-hybridized carbons (Fsp3) is 0.250. The van der Waals surface area contributed by atoms with Gasteiger partial charge < -0.3 is 0 Å². The molecular weight excluding hydrogens is 605 g/mol. The number of benzene rings is 6. The molecule has 6 aromatic carbocycles. The summed E-state index contributed by atoms with van der Waals surface area (Å²) in [7, 11) is 0. The maximum absolute atomic E-state index is 10.3. The minimum Gasteiger partial charge on any atom is -0.237 e. The smallest absolute Gasteiger partial charge is 0.195 e. The Kier molecular flexibility index (Phi) is 11.6. The molecule has 50 heavy (non-hydrogen) atoms. The molecule has 0 aliphatic carbocycles. The lowest BCUT2D eigenvalue weighted by Crippen LogP contribution is -1.88. The average Bonchev–Trinajstić information content (AvgIpc) is 3.16. The van der Waals surface area contributed by atoms with Crippen molar-refractivity contribution >= 4 is 62.3 Å². The molecule has 6 rings (SSSR count). The molecule has 0 amide bonds. The summed E-state index contributed by atoms with van der Waals surface area (Å²) in [6, 6.07) is 36.8. The maximum atomic E-state index is 10.3. The second-order valence-electron chi connectivity index (χ2n) is 13.5. The molecule has 2 heteroatoms. The summed E-state index contributed by atoms with van der Waals surface area (Å²) in [5, 5.41) is 16.1. The number of unbranched alkanes of at least 4 members (excludes halogenated alkanes) is 6. The zero-order valence-corrected chi connectivity index (χ0v) is 29.5. The Hall–Kier alpha value is -5.44. The van der Waals surface area contributed by atoms with E-state index in [0.29, 0.717) is 11.3 Å². The van der Waals surface area contributed by atoms with Crippen LogP contribution in [0.2, 0.25) is 0 Å². The lowest BCUT2D eigenvalue weighted by atomic mass is 9.91. The van der Waals surface area contributed by atoms with E-state index in [4.69, 9.17) is 6.57 Å². The van der Waals surface area contributed by atoms with Crippen LogP contribution >= 0.6 is 0 Å². The highest BCUT2D eigenvalue weighted by atomic mass is 14.6. The van der Waals surface area contributed by atoms with Crippen molar-refractivity contribution in [2.45, 2.75) is 78.1 Å². The Morgan fingerprint density at radius 1 is 0.500 bits per heavy atom. The minimum absolute atomic E-state index is 0.624. The van der Waals surface area contributed by atoms with Crippen LogP contribution in [0.25, 0.3) is 61.5 Å². The van der Waals surface area contributed by atoms with Crippen molar-refractivity contribution in [3.63, 3.8) is 0 Å². The predicted molar refractivity (Wildman–Crippen MR) is 216 cm³/mol. The van der Waals surface area contributed by atoms with Gasteiger partial charge in [0.05, 0.1) is 18.2 Å². The lowest BCUT2D eigenvalue weighted by molar-refractivity contribution is 0.667. The number of nitrogens with zero attached hydrogens (tertiary/aromatic N) is 2. The van der Waals surface area contributed by atoms with E-state index in [0.717, 1.165) is 67.4 Å². The van der Waals surface area contributed by atoms with Gasteiger partial charge in [0.2, 0.25) is 0 Å². The molecule has 6 aromatic rings. The Morgan fingerprint density at radius 3 is 1.46 bits per heavy atom. The van der Waals surface area contributed by atoms with E-state index in [2.05, 4.69) is 134 Å². The number of fused-ring (bicyclic) bond motifs is 5. The maximum Gasteiger partial charge on any atom is 0.195 e. The quantitative estimate of drug-likeness (QED) is 0.0499.